The predicted octanol–water partition coefficient (Wildman–Crippen LogP) is 3.02. The summed E-state index contributed by atoms with van der Waals surface area (Å²) in [5.74, 6) is 1.93. The fourth-order valence-corrected chi connectivity index (χ4v) is 4.33. The van der Waals surface area contributed by atoms with Gasteiger partial charge < -0.3 is 4.90 Å². The molecule has 3 heterocycles. The zero-order chi connectivity index (χ0) is 15.7. The van der Waals surface area contributed by atoms with Gasteiger partial charge >= 0.3 is 0 Å². The third-order valence-corrected chi connectivity index (χ3v) is 5.54. The molecule has 1 aliphatic rings. The van der Waals surface area contributed by atoms with Crippen LogP contribution in [-0.2, 0) is 5.54 Å². The minimum Gasteiger partial charge on any atom is -0.327 e. The van der Waals surface area contributed by atoms with Crippen LogP contribution in [0.15, 0.2) is 24.0 Å². The van der Waals surface area contributed by atoms with E-state index in [0.29, 0.717) is 5.56 Å². The van der Waals surface area contributed by atoms with Gasteiger partial charge in [-0.05, 0) is 20.8 Å². The van der Waals surface area contributed by atoms with E-state index in [1.807, 2.05) is 32.9 Å². The lowest BCUT2D eigenvalue weighted by Gasteiger charge is -2.34. The van der Waals surface area contributed by atoms with Gasteiger partial charge in [-0.25, -0.2) is 4.98 Å². The van der Waals surface area contributed by atoms with Crippen LogP contribution < -0.4 is 0 Å². The standard InChI is InChI=1S/C15H20N4OS2/c1-15(2,3)19-9-11(8-17-19)14(20)18-5-7-21-10-12(18)13-16-4-6-22-13/h4,6,8-9,12H,5,7,10H2,1-3H3. The Morgan fingerprint density at radius 2 is 2.23 bits per heavy atom. The monoisotopic (exact) mass is 336 g/mol. The van der Waals surface area contributed by atoms with Crippen molar-refractivity contribution in [2.24, 2.45) is 0 Å². The zero-order valence-electron chi connectivity index (χ0n) is 13.0. The molecule has 0 N–H and O–H groups in total. The second kappa shape index (κ2) is 6.04. The molecule has 0 aromatic carbocycles. The third kappa shape index (κ3) is 3.05. The molecule has 1 fully saturated rings. The number of aromatic nitrogens is 3. The maximum absolute atomic E-state index is 12.9. The Morgan fingerprint density at radius 3 is 2.86 bits per heavy atom. The van der Waals surface area contributed by atoms with E-state index in [9.17, 15) is 4.79 Å². The summed E-state index contributed by atoms with van der Waals surface area (Å²) in [6.45, 7) is 6.98. The zero-order valence-corrected chi connectivity index (χ0v) is 14.7. The van der Waals surface area contributed by atoms with Gasteiger partial charge in [0.2, 0.25) is 0 Å². The number of amides is 1. The largest absolute Gasteiger partial charge is 0.327 e. The lowest BCUT2D eigenvalue weighted by Crippen LogP contribution is -2.40. The average molecular weight is 336 g/mol. The highest BCUT2D eigenvalue weighted by Gasteiger charge is 2.31. The lowest BCUT2D eigenvalue weighted by atomic mass is 10.1. The van der Waals surface area contributed by atoms with Gasteiger partial charge in [-0.1, -0.05) is 0 Å². The molecule has 118 valence electrons. The van der Waals surface area contributed by atoms with Crippen molar-refractivity contribution < 1.29 is 4.79 Å². The van der Waals surface area contributed by atoms with Gasteiger partial charge in [0.05, 0.1) is 23.3 Å². The van der Waals surface area contributed by atoms with Gasteiger partial charge in [-0.2, -0.15) is 16.9 Å². The molecule has 2 aromatic heterocycles. The van der Waals surface area contributed by atoms with Crippen molar-refractivity contribution in [3.8, 4) is 0 Å². The first-order valence-corrected chi connectivity index (χ1v) is 9.33. The summed E-state index contributed by atoms with van der Waals surface area (Å²) in [5.41, 5.74) is 0.536. The molecule has 1 atom stereocenters. The Hall–Kier alpha value is -1.34. The lowest BCUT2D eigenvalue weighted by molar-refractivity contribution is 0.0701. The highest BCUT2D eigenvalue weighted by Crippen LogP contribution is 2.32. The molecule has 7 heteroatoms. The molecule has 0 aliphatic carbocycles. The van der Waals surface area contributed by atoms with Gasteiger partial charge in [0.1, 0.15) is 5.01 Å². The summed E-state index contributed by atoms with van der Waals surface area (Å²) < 4.78 is 1.84. The first kappa shape index (κ1) is 15.6. The summed E-state index contributed by atoms with van der Waals surface area (Å²) in [6, 6.07) is 0.0734. The van der Waals surface area contributed by atoms with Gasteiger partial charge in [-0.15, -0.1) is 11.3 Å². The Bertz CT molecular complexity index is 645. The van der Waals surface area contributed by atoms with Crippen LogP contribution >= 0.6 is 23.1 Å². The van der Waals surface area contributed by atoms with Crippen molar-refractivity contribution >= 4 is 29.0 Å². The fourth-order valence-electron chi connectivity index (χ4n) is 2.42. The van der Waals surface area contributed by atoms with E-state index in [4.69, 9.17) is 0 Å². The van der Waals surface area contributed by atoms with Crippen molar-refractivity contribution in [2.45, 2.75) is 32.4 Å². The van der Waals surface area contributed by atoms with Crippen molar-refractivity contribution in [1.29, 1.82) is 0 Å². The number of thioether (sulfide) groups is 1. The van der Waals surface area contributed by atoms with Crippen LogP contribution in [0, 0.1) is 0 Å². The number of hydrogen-bond donors (Lipinski definition) is 0. The SMILES string of the molecule is CC(C)(C)n1cc(C(=O)N2CCSCC2c2nccs2)cn1. The van der Waals surface area contributed by atoms with Crippen LogP contribution in [0.3, 0.4) is 0 Å². The van der Waals surface area contributed by atoms with Crippen molar-refractivity contribution in [3.05, 3.63) is 34.5 Å². The van der Waals surface area contributed by atoms with E-state index in [1.54, 1.807) is 23.7 Å². The van der Waals surface area contributed by atoms with E-state index in [-0.39, 0.29) is 17.5 Å². The number of hydrogen-bond acceptors (Lipinski definition) is 5. The van der Waals surface area contributed by atoms with E-state index < -0.39 is 0 Å². The minimum absolute atomic E-state index is 0.0519. The Kier molecular flexibility index (Phi) is 4.27. The molecule has 5 nitrogen and oxygen atoms in total. The maximum Gasteiger partial charge on any atom is 0.257 e. The number of carbonyl (C=O) groups is 1. The Labute approximate surface area is 138 Å². The maximum atomic E-state index is 12.9. The normalized spacial score (nSPS) is 19.4. The second-order valence-electron chi connectivity index (χ2n) is 6.30. The third-order valence-electron chi connectivity index (χ3n) is 3.64. The van der Waals surface area contributed by atoms with Crippen LogP contribution in [0.4, 0.5) is 0 Å². The molecule has 3 rings (SSSR count). The molecule has 0 saturated carbocycles. The number of carbonyl (C=O) groups excluding carboxylic acids is 1. The summed E-state index contributed by atoms with van der Waals surface area (Å²) >= 11 is 3.50. The average Bonchev–Trinajstić information content (AvgIpc) is 3.17. The van der Waals surface area contributed by atoms with Crippen LogP contribution in [-0.4, -0.2) is 43.6 Å². The second-order valence-corrected chi connectivity index (χ2v) is 8.38. The highest BCUT2D eigenvalue weighted by molar-refractivity contribution is 7.99. The summed E-state index contributed by atoms with van der Waals surface area (Å²) in [6.07, 6.45) is 5.33. The molecule has 2 aromatic rings. The van der Waals surface area contributed by atoms with Crippen LogP contribution in [0.1, 0.15) is 42.2 Å². The number of rotatable bonds is 2. The van der Waals surface area contributed by atoms with E-state index in [1.165, 1.54) is 0 Å². The Balaban J connectivity index is 1.84. The molecular weight excluding hydrogens is 316 g/mol. The van der Waals surface area contributed by atoms with Gasteiger partial charge in [0.25, 0.3) is 5.91 Å². The first-order valence-electron chi connectivity index (χ1n) is 7.30. The highest BCUT2D eigenvalue weighted by atomic mass is 32.2. The van der Waals surface area contributed by atoms with Crippen LogP contribution in [0.5, 0.6) is 0 Å². The molecule has 1 aliphatic heterocycles. The molecule has 0 bridgehead atoms. The molecule has 1 unspecified atom stereocenters. The molecule has 1 saturated heterocycles. The van der Waals surface area contributed by atoms with Gasteiger partial charge in [0, 0.05) is 35.8 Å². The van der Waals surface area contributed by atoms with Crippen molar-refractivity contribution in [2.75, 3.05) is 18.1 Å². The predicted molar refractivity (Wildman–Crippen MR) is 90.4 cm³/mol. The number of thiazole rings is 1. The van der Waals surface area contributed by atoms with Crippen LogP contribution in [0.25, 0.3) is 0 Å². The van der Waals surface area contributed by atoms with E-state index in [2.05, 4.69) is 30.9 Å². The van der Waals surface area contributed by atoms with E-state index >= 15 is 0 Å². The summed E-state index contributed by atoms with van der Waals surface area (Å²) in [5, 5.41) is 7.33. The summed E-state index contributed by atoms with van der Waals surface area (Å²) in [7, 11) is 0. The quantitative estimate of drug-likeness (QED) is 0.846. The topological polar surface area (TPSA) is 51.0 Å². The minimum atomic E-state index is -0.120. The Morgan fingerprint density at radius 1 is 1.41 bits per heavy atom. The smallest absolute Gasteiger partial charge is 0.257 e. The molecule has 0 radical (unpaired) electrons. The molecule has 1 amide bonds. The van der Waals surface area contributed by atoms with Gasteiger partial charge in [-0.3, -0.25) is 9.48 Å². The van der Waals surface area contributed by atoms with Crippen LogP contribution in [0.2, 0.25) is 0 Å². The number of nitrogens with zero attached hydrogens (tertiary/aromatic N) is 4. The first-order chi connectivity index (χ1) is 10.5. The van der Waals surface area contributed by atoms with E-state index in [0.717, 1.165) is 23.1 Å². The van der Waals surface area contributed by atoms with Crippen molar-refractivity contribution in [1.82, 2.24) is 19.7 Å². The van der Waals surface area contributed by atoms with Crippen molar-refractivity contribution in [3.63, 3.8) is 0 Å². The fraction of sp³-hybridized carbons (Fsp3) is 0.533. The summed E-state index contributed by atoms with van der Waals surface area (Å²) in [4.78, 5) is 19.2. The van der Waals surface area contributed by atoms with Gasteiger partial charge in [0.15, 0.2) is 0 Å². The molecular formula is C15H20N4OS2. The molecule has 0 spiro atoms. The molecule has 22 heavy (non-hydrogen) atoms.